The highest BCUT2D eigenvalue weighted by atomic mass is 19.1. The van der Waals surface area contributed by atoms with Crippen molar-refractivity contribution in [1.29, 1.82) is 5.41 Å². The normalized spacial score (nSPS) is 17.3. The van der Waals surface area contributed by atoms with Crippen LogP contribution in [0.4, 0.5) is 14.9 Å². The monoisotopic (exact) mass is 293 g/mol. The first kappa shape index (κ1) is 15.2. The molecular weight excluding hydrogens is 273 g/mol. The third-order valence-electron chi connectivity index (χ3n) is 3.71. The highest BCUT2D eigenvalue weighted by Crippen LogP contribution is 2.14. The molecule has 0 aliphatic carbocycles. The van der Waals surface area contributed by atoms with Crippen LogP contribution in [-0.4, -0.2) is 53.9 Å². The van der Waals surface area contributed by atoms with Crippen molar-refractivity contribution < 1.29 is 9.18 Å². The van der Waals surface area contributed by atoms with E-state index in [0.717, 1.165) is 0 Å². The summed E-state index contributed by atoms with van der Waals surface area (Å²) in [6, 6.07) is 5.65. The van der Waals surface area contributed by atoms with Gasteiger partial charge in [0.1, 0.15) is 11.7 Å². The third-order valence-corrected chi connectivity index (χ3v) is 3.71. The number of amidine groups is 1. The number of carbonyl (C=O) groups is 1. The molecule has 1 heterocycles. The fraction of sp³-hybridized carbons (Fsp3) is 0.429. The number of nitrogens with zero attached hydrogens (tertiary/aromatic N) is 2. The van der Waals surface area contributed by atoms with Crippen LogP contribution in [0.2, 0.25) is 0 Å². The maximum atomic E-state index is 13.5. The number of piperazine rings is 1. The Morgan fingerprint density at radius 1 is 1.33 bits per heavy atom. The minimum absolute atomic E-state index is 0.123. The molecule has 1 aliphatic heterocycles. The number of carbonyl (C=O) groups excluding carboxylic acids is 1. The van der Waals surface area contributed by atoms with Crippen LogP contribution in [-0.2, 0) is 0 Å². The number of urea groups is 1. The number of hydrogen-bond donors (Lipinski definition) is 3. The first-order chi connectivity index (χ1) is 9.99. The molecule has 1 fully saturated rings. The summed E-state index contributed by atoms with van der Waals surface area (Å²) in [5.41, 5.74) is 5.67. The topological polar surface area (TPSA) is 85.5 Å². The van der Waals surface area contributed by atoms with Crippen LogP contribution >= 0.6 is 0 Å². The highest BCUT2D eigenvalue weighted by Gasteiger charge is 2.25. The van der Waals surface area contributed by atoms with Gasteiger partial charge in [-0.1, -0.05) is 12.1 Å². The Balaban J connectivity index is 1.89. The Hall–Kier alpha value is -2.15. The zero-order valence-electron chi connectivity index (χ0n) is 12.0. The number of amides is 2. The predicted octanol–water partition coefficient (Wildman–Crippen LogP) is 1.30. The standard InChI is InChI=1S/C14H20FN5O/c1-10(13(16)17)19-6-8-20(9-7-19)14(21)18-12-5-3-2-4-11(12)15/h2-5,10H,6-9H2,1H3,(H3,16,17)(H,18,21). The second kappa shape index (κ2) is 6.53. The van der Waals surface area contributed by atoms with E-state index in [1.54, 1.807) is 17.0 Å². The number of nitrogens with two attached hydrogens (primary N) is 1. The zero-order valence-corrected chi connectivity index (χ0v) is 12.0. The number of rotatable bonds is 3. The van der Waals surface area contributed by atoms with E-state index in [-0.39, 0.29) is 23.6 Å². The van der Waals surface area contributed by atoms with Crippen LogP contribution in [0.15, 0.2) is 24.3 Å². The molecule has 2 amide bonds. The van der Waals surface area contributed by atoms with Gasteiger partial charge in [-0.15, -0.1) is 0 Å². The summed E-state index contributed by atoms with van der Waals surface area (Å²) >= 11 is 0. The fourth-order valence-electron chi connectivity index (χ4n) is 2.27. The molecule has 2 rings (SSSR count). The molecule has 0 radical (unpaired) electrons. The summed E-state index contributed by atoms with van der Waals surface area (Å²) in [6.45, 7) is 4.21. The van der Waals surface area contributed by atoms with E-state index in [2.05, 4.69) is 10.2 Å². The molecule has 1 aromatic rings. The van der Waals surface area contributed by atoms with E-state index in [1.165, 1.54) is 12.1 Å². The quantitative estimate of drug-likeness (QED) is 0.580. The van der Waals surface area contributed by atoms with Gasteiger partial charge in [0.2, 0.25) is 0 Å². The van der Waals surface area contributed by atoms with Gasteiger partial charge in [0.15, 0.2) is 0 Å². The molecule has 0 spiro atoms. The Morgan fingerprint density at radius 2 is 1.95 bits per heavy atom. The molecule has 1 saturated heterocycles. The predicted molar refractivity (Wildman–Crippen MR) is 79.9 cm³/mol. The molecule has 1 unspecified atom stereocenters. The van der Waals surface area contributed by atoms with Crippen LogP contribution in [0, 0.1) is 11.2 Å². The third kappa shape index (κ3) is 3.69. The average Bonchev–Trinajstić information content (AvgIpc) is 2.49. The molecule has 7 heteroatoms. The fourth-order valence-corrected chi connectivity index (χ4v) is 2.27. The number of para-hydroxylation sites is 1. The number of hydrogen-bond acceptors (Lipinski definition) is 3. The van der Waals surface area contributed by atoms with E-state index >= 15 is 0 Å². The molecule has 1 atom stereocenters. The van der Waals surface area contributed by atoms with E-state index in [1.807, 2.05) is 6.92 Å². The zero-order chi connectivity index (χ0) is 15.4. The smallest absolute Gasteiger partial charge is 0.322 e. The second-order valence-electron chi connectivity index (χ2n) is 5.06. The SMILES string of the molecule is CC(C(=N)N)N1CCN(C(=O)Nc2ccccc2F)CC1. The van der Waals surface area contributed by atoms with Crippen molar-refractivity contribution in [1.82, 2.24) is 9.80 Å². The lowest BCUT2D eigenvalue weighted by molar-refractivity contribution is 0.138. The molecule has 1 aliphatic rings. The van der Waals surface area contributed by atoms with Crippen molar-refractivity contribution in [3.8, 4) is 0 Å². The van der Waals surface area contributed by atoms with Crippen molar-refractivity contribution in [3.63, 3.8) is 0 Å². The number of nitrogens with one attached hydrogen (secondary N) is 2. The number of halogens is 1. The van der Waals surface area contributed by atoms with Gasteiger partial charge < -0.3 is 16.0 Å². The lowest BCUT2D eigenvalue weighted by Crippen LogP contribution is -2.54. The van der Waals surface area contributed by atoms with Crippen LogP contribution in [0.25, 0.3) is 0 Å². The molecular formula is C14H20FN5O. The molecule has 1 aromatic carbocycles. The number of anilines is 1. The van der Waals surface area contributed by atoms with Crippen molar-refractivity contribution in [3.05, 3.63) is 30.1 Å². The molecule has 114 valence electrons. The Bertz CT molecular complexity index is 528. The largest absolute Gasteiger partial charge is 0.386 e. The van der Waals surface area contributed by atoms with Gasteiger partial charge in [0.05, 0.1) is 11.7 Å². The molecule has 4 N–H and O–H groups in total. The van der Waals surface area contributed by atoms with Gasteiger partial charge >= 0.3 is 6.03 Å². The van der Waals surface area contributed by atoms with Crippen molar-refractivity contribution >= 4 is 17.6 Å². The first-order valence-electron chi connectivity index (χ1n) is 6.87. The highest BCUT2D eigenvalue weighted by molar-refractivity contribution is 5.89. The summed E-state index contributed by atoms with van der Waals surface area (Å²) in [7, 11) is 0. The maximum Gasteiger partial charge on any atom is 0.322 e. The van der Waals surface area contributed by atoms with Gasteiger partial charge in [-0.05, 0) is 19.1 Å². The minimum atomic E-state index is -0.449. The summed E-state index contributed by atoms with van der Waals surface area (Å²) in [5, 5.41) is 10.0. The van der Waals surface area contributed by atoms with Crippen LogP contribution in [0.3, 0.4) is 0 Å². The van der Waals surface area contributed by atoms with E-state index in [9.17, 15) is 9.18 Å². The van der Waals surface area contributed by atoms with Gasteiger partial charge in [-0.2, -0.15) is 0 Å². The average molecular weight is 293 g/mol. The molecule has 21 heavy (non-hydrogen) atoms. The van der Waals surface area contributed by atoms with Gasteiger partial charge in [0.25, 0.3) is 0 Å². The lowest BCUT2D eigenvalue weighted by Gasteiger charge is -2.37. The molecule has 0 aromatic heterocycles. The van der Waals surface area contributed by atoms with Crippen molar-refractivity contribution in [2.45, 2.75) is 13.0 Å². The Morgan fingerprint density at radius 3 is 2.52 bits per heavy atom. The van der Waals surface area contributed by atoms with Gasteiger partial charge in [0, 0.05) is 26.2 Å². The van der Waals surface area contributed by atoms with Crippen LogP contribution in [0.5, 0.6) is 0 Å². The van der Waals surface area contributed by atoms with Crippen molar-refractivity contribution in [2.75, 3.05) is 31.5 Å². The Labute approximate surface area is 123 Å². The van der Waals surface area contributed by atoms with Crippen molar-refractivity contribution in [2.24, 2.45) is 5.73 Å². The van der Waals surface area contributed by atoms with E-state index < -0.39 is 5.82 Å². The Kier molecular flexibility index (Phi) is 4.74. The van der Waals surface area contributed by atoms with E-state index in [0.29, 0.717) is 26.2 Å². The minimum Gasteiger partial charge on any atom is -0.386 e. The molecule has 6 nitrogen and oxygen atoms in total. The summed E-state index contributed by atoms with van der Waals surface area (Å²) in [4.78, 5) is 15.8. The molecule has 0 bridgehead atoms. The summed E-state index contributed by atoms with van der Waals surface area (Å²) in [5.74, 6) is -0.325. The first-order valence-corrected chi connectivity index (χ1v) is 6.87. The van der Waals surface area contributed by atoms with Crippen LogP contribution in [0.1, 0.15) is 6.92 Å². The second-order valence-corrected chi connectivity index (χ2v) is 5.06. The number of benzene rings is 1. The summed E-state index contributed by atoms with van der Waals surface area (Å²) < 4.78 is 13.5. The summed E-state index contributed by atoms with van der Waals surface area (Å²) in [6.07, 6.45) is 0. The molecule has 0 saturated carbocycles. The van der Waals surface area contributed by atoms with Gasteiger partial charge in [-0.25, -0.2) is 9.18 Å². The maximum absolute atomic E-state index is 13.5. The van der Waals surface area contributed by atoms with Crippen LogP contribution < -0.4 is 11.1 Å². The van der Waals surface area contributed by atoms with E-state index in [4.69, 9.17) is 11.1 Å². The lowest BCUT2D eigenvalue weighted by atomic mass is 10.2. The van der Waals surface area contributed by atoms with Gasteiger partial charge in [-0.3, -0.25) is 10.3 Å².